The summed E-state index contributed by atoms with van der Waals surface area (Å²) in [6, 6.07) is 11.6. The molecule has 3 N–H and O–H groups in total. The van der Waals surface area contributed by atoms with Gasteiger partial charge in [0.25, 0.3) is 5.91 Å². The average molecular weight is 395 g/mol. The molecule has 1 aliphatic rings. The van der Waals surface area contributed by atoms with Crippen LogP contribution in [-0.4, -0.2) is 48.7 Å². The number of sulfone groups is 1. The number of halogens is 1. The van der Waals surface area contributed by atoms with E-state index in [0.717, 1.165) is 0 Å². The highest BCUT2D eigenvalue weighted by Gasteiger charge is 2.53. The molecule has 0 bridgehead atoms. The van der Waals surface area contributed by atoms with Crippen molar-refractivity contribution in [2.24, 2.45) is 0 Å². The Bertz CT molecular complexity index is 929. The van der Waals surface area contributed by atoms with Crippen LogP contribution in [0.4, 0.5) is 4.39 Å². The van der Waals surface area contributed by atoms with Crippen LogP contribution in [-0.2, 0) is 19.4 Å². The summed E-state index contributed by atoms with van der Waals surface area (Å²) in [7, 11) is -4.09. The van der Waals surface area contributed by atoms with Crippen LogP contribution in [0, 0.1) is 5.82 Å². The molecule has 1 saturated heterocycles. The van der Waals surface area contributed by atoms with E-state index in [1.54, 1.807) is 24.3 Å². The summed E-state index contributed by atoms with van der Waals surface area (Å²) in [6.45, 7) is -0.491. The number of amides is 1. The predicted octanol–water partition coefficient (Wildman–Crippen LogP) is 1.29. The molecular formula is C18H18FNO6S. The lowest BCUT2D eigenvalue weighted by Gasteiger charge is -2.36. The molecule has 9 heteroatoms. The minimum absolute atomic E-state index is 0.0541. The second-order valence-corrected chi connectivity index (χ2v) is 8.40. The Balaban J connectivity index is 1.94. The third-order valence-corrected chi connectivity index (χ3v) is 6.91. The standard InChI is InChI=1S/C18H18FNO6S/c19-14-5-1-12(2-6-14)13-3-7-15(8-4-13)27(24,25)16-9-10-26-11-18(16,22)17(21)20-23/h1-8,16,22-23H,9-11H2,(H,20,21). The summed E-state index contributed by atoms with van der Waals surface area (Å²) in [5.41, 5.74) is 0.294. The Kier molecular flexibility index (Phi) is 5.29. The van der Waals surface area contributed by atoms with Crippen molar-refractivity contribution in [2.75, 3.05) is 13.2 Å². The van der Waals surface area contributed by atoms with Crippen LogP contribution in [0.3, 0.4) is 0 Å². The number of ether oxygens (including phenoxy) is 1. The third kappa shape index (κ3) is 3.59. The Morgan fingerprint density at radius 1 is 1.11 bits per heavy atom. The van der Waals surface area contributed by atoms with Crippen LogP contribution in [0.5, 0.6) is 0 Å². The van der Waals surface area contributed by atoms with Crippen LogP contribution < -0.4 is 5.48 Å². The summed E-state index contributed by atoms with van der Waals surface area (Å²) < 4.78 is 44.0. The molecular weight excluding hydrogens is 377 g/mol. The van der Waals surface area contributed by atoms with Gasteiger partial charge in [0.2, 0.25) is 0 Å². The molecule has 1 heterocycles. The molecule has 144 valence electrons. The van der Waals surface area contributed by atoms with Crippen molar-refractivity contribution >= 4 is 15.7 Å². The number of carbonyl (C=O) groups excluding carboxylic acids is 1. The van der Waals surface area contributed by atoms with E-state index >= 15 is 0 Å². The Hall–Kier alpha value is -2.33. The highest BCUT2D eigenvalue weighted by molar-refractivity contribution is 7.92. The first-order valence-corrected chi connectivity index (χ1v) is 9.68. The van der Waals surface area contributed by atoms with Crippen molar-refractivity contribution < 1.29 is 32.7 Å². The number of hydrogen-bond donors (Lipinski definition) is 3. The minimum atomic E-state index is -4.09. The van der Waals surface area contributed by atoms with Gasteiger partial charge in [0.1, 0.15) is 11.1 Å². The van der Waals surface area contributed by atoms with Crippen LogP contribution in [0.25, 0.3) is 11.1 Å². The molecule has 27 heavy (non-hydrogen) atoms. The van der Waals surface area contributed by atoms with Crippen LogP contribution in [0.2, 0.25) is 0 Å². The highest BCUT2D eigenvalue weighted by atomic mass is 32.2. The summed E-state index contributed by atoms with van der Waals surface area (Å²) in [5.74, 6) is -1.61. The molecule has 2 aromatic carbocycles. The SMILES string of the molecule is O=C(NO)C1(O)COCCC1S(=O)(=O)c1ccc(-c2ccc(F)cc2)cc1. The lowest BCUT2D eigenvalue weighted by atomic mass is 9.95. The summed E-state index contributed by atoms with van der Waals surface area (Å²) in [5, 5.41) is 17.9. The van der Waals surface area contributed by atoms with Gasteiger partial charge in [0.15, 0.2) is 15.4 Å². The van der Waals surface area contributed by atoms with Gasteiger partial charge >= 0.3 is 0 Å². The van der Waals surface area contributed by atoms with E-state index in [1.807, 2.05) is 0 Å². The first-order valence-electron chi connectivity index (χ1n) is 8.13. The maximum atomic E-state index is 13.0. The van der Waals surface area contributed by atoms with Gasteiger partial charge in [0.05, 0.1) is 11.5 Å². The van der Waals surface area contributed by atoms with Crippen molar-refractivity contribution in [3.63, 3.8) is 0 Å². The summed E-state index contributed by atoms with van der Waals surface area (Å²) in [4.78, 5) is 11.8. The first-order chi connectivity index (χ1) is 12.8. The minimum Gasteiger partial charge on any atom is -0.378 e. The molecule has 0 spiro atoms. The summed E-state index contributed by atoms with van der Waals surface area (Å²) in [6.07, 6.45) is -0.105. The number of carbonyl (C=O) groups is 1. The molecule has 2 unspecified atom stereocenters. The molecule has 3 rings (SSSR count). The van der Waals surface area contributed by atoms with E-state index in [0.29, 0.717) is 11.1 Å². The molecule has 7 nitrogen and oxygen atoms in total. The van der Waals surface area contributed by atoms with Crippen molar-refractivity contribution in [3.8, 4) is 11.1 Å². The van der Waals surface area contributed by atoms with Crippen molar-refractivity contribution in [1.82, 2.24) is 5.48 Å². The van der Waals surface area contributed by atoms with E-state index in [-0.39, 0.29) is 23.7 Å². The average Bonchev–Trinajstić information content (AvgIpc) is 2.68. The van der Waals surface area contributed by atoms with Gasteiger partial charge in [-0.2, -0.15) is 0 Å². The number of aliphatic hydroxyl groups is 1. The largest absolute Gasteiger partial charge is 0.378 e. The zero-order chi connectivity index (χ0) is 19.7. The fourth-order valence-corrected chi connectivity index (χ4v) is 5.05. The molecule has 2 atom stereocenters. The maximum Gasteiger partial charge on any atom is 0.279 e. The van der Waals surface area contributed by atoms with E-state index in [4.69, 9.17) is 9.94 Å². The van der Waals surface area contributed by atoms with Crippen LogP contribution >= 0.6 is 0 Å². The first kappa shape index (κ1) is 19.4. The van der Waals surface area contributed by atoms with Crippen molar-refractivity contribution in [2.45, 2.75) is 22.2 Å². The zero-order valence-corrected chi connectivity index (χ0v) is 14.9. The Morgan fingerprint density at radius 3 is 2.22 bits per heavy atom. The van der Waals surface area contributed by atoms with Gasteiger partial charge in [-0.3, -0.25) is 10.0 Å². The molecule has 1 amide bonds. The number of benzene rings is 2. The van der Waals surface area contributed by atoms with Crippen LogP contribution in [0.1, 0.15) is 6.42 Å². The normalized spacial score (nSPS) is 23.0. The predicted molar refractivity (Wildman–Crippen MR) is 93.1 cm³/mol. The number of nitrogens with one attached hydrogen (secondary N) is 1. The Labute approximate surface area is 155 Å². The molecule has 0 aliphatic carbocycles. The molecule has 0 aromatic heterocycles. The van der Waals surface area contributed by atoms with Gasteiger partial charge in [0, 0.05) is 6.61 Å². The van der Waals surface area contributed by atoms with E-state index in [9.17, 15) is 22.7 Å². The maximum absolute atomic E-state index is 13.0. The van der Waals surface area contributed by atoms with Crippen LogP contribution in [0.15, 0.2) is 53.4 Å². The second kappa shape index (κ2) is 7.35. The third-order valence-electron chi connectivity index (χ3n) is 4.61. The zero-order valence-electron chi connectivity index (χ0n) is 14.1. The van der Waals surface area contributed by atoms with Gasteiger partial charge in [-0.25, -0.2) is 18.3 Å². The fraction of sp³-hybridized carbons (Fsp3) is 0.278. The van der Waals surface area contributed by atoms with E-state index in [2.05, 4.69) is 0 Å². The molecule has 2 aromatic rings. The van der Waals surface area contributed by atoms with E-state index < -0.39 is 33.2 Å². The van der Waals surface area contributed by atoms with Crippen molar-refractivity contribution in [1.29, 1.82) is 0 Å². The lowest BCUT2D eigenvalue weighted by molar-refractivity contribution is -0.161. The molecule has 0 radical (unpaired) electrons. The number of hydrogen-bond acceptors (Lipinski definition) is 6. The topological polar surface area (TPSA) is 113 Å². The Morgan fingerprint density at radius 2 is 1.67 bits per heavy atom. The van der Waals surface area contributed by atoms with Gasteiger partial charge in [-0.05, 0) is 41.8 Å². The number of hydroxylamine groups is 1. The fourth-order valence-electron chi connectivity index (χ4n) is 3.11. The smallest absolute Gasteiger partial charge is 0.279 e. The van der Waals surface area contributed by atoms with Gasteiger partial charge < -0.3 is 9.84 Å². The molecule has 0 saturated carbocycles. The molecule has 1 fully saturated rings. The monoisotopic (exact) mass is 395 g/mol. The highest BCUT2D eigenvalue weighted by Crippen LogP contribution is 2.32. The summed E-state index contributed by atoms with van der Waals surface area (Å²) >= 11 is 0. The number of rotatable bonds is 4. The molecule has 1 aliphatic heterocycles. The van der Waals surface area contributed by atoms with E-state index in [1.165, 1.54) is 29.7 Å². The second-order valence-electron chi connectivity index (χ2n) is 6.27. The quantitative estimate of drug-likeness (QED) is 0.531. The van der Waals surface area contributed by atoms with Crippen molar-refractivity contribution in [3.05, 3.63) is 54.3 Å². The lowest BCUT2D eigenvalue weighted by Crippen LogP contribution is -2.62. The van der Waals surface area contributed by atoms with Gasteiger partial charge in [-0.15, -0.1) is 0 Å². The van der Waals surface area contributed by atoms with Gasteiger partial charge in [-0.1, -0.05) is 24.3 Å².